The molecule has 0 aromatic heterocycles. The van der Waals surface area contributed by atoms with Gasteiger partial charge in [0.1, 0.15) is 5.75 Å². The van der Waals surface area contributed by atoms with Crippen molar-refractivity contribution in [1.82, 2.24) is 0 Å². The number of benzene rings is 1. The molecule has 1 aromatic carbocycles. The van der Waals surface area contributed by atoms with Crippen molar-refractivity contribution >= 4 is 15.9 Å². The first-order chi connectivity index (χ1) is 6.50. The Morgan fingerprint density at radius 3 is 2.43 bits per heavy atom. The van der Waals surface area contributed by atoms with Crippen LogP contribution in [0.2, 0.25) is 0 Å². The van der Waals surface area contributed by atoms with Crippen LogP contribution in [-0.4, -0.2) is 6.10 Å². The molecule has 0 saturated heterocycles. The zero-order valence-electron chi connectivity index (χ0n) is 7.93. The molecule has 0 unspecified atom stereocenters. The number of halogens is 3. The maximum absolute atomic E-state index is 12.5. The predicted octanol–water partition coefficient (Wildman–Crippen LogP) is 4.17. The molecule has 14 heavy (non-hydrogen) atoms. The lowest BCUT2D eigenvalue weighted by Crippen LogP contribution is -2.07. The van der Waals surface area contributed by atoms with Gasteiger partial charge in [0.25, 0.3) is 6.43 Å². The van der Waals surface area contributed by atoms with E-state index in [0.29, 0.717) is 0 Å². The Hall–Kier alpha value is -0.640. The van der Waals surface area contributed by atoms with Crippen molar-refractivity contribution in [3.63, 3.8) is 0 Å². The second-order valence-electron chi connectivity index (χ2n) is 3.15. The van der Waals surface area contributed by atoms with E-state index in [0.717, 1.165) is 4.47 Å². The first-order valence-corrected chi connectivity index (χ1v) is 5.04. The van der Waals surface area contributed by atoms with Gasteiger partial charge >= 0.3 is 0 Å². The molecule has 0 spiro atoms. The van der Waals surface area contributed by atoms with Crippen molar-refractivity contribution in [3.05, 3.63) is 28.2 Å². The Balaban J connectivity index is 3.03. The molecule has 0 aliphatic carbocycles. The van der Waals surface area contributed by atoms with Crippen LogP contribution in [0.25, 0.3) is 0 Å². The van der Waals surface area contributed by atoms with Crippen molar-refractivity contribution in [2.75, 3.05) is 0 Å². The van der Waals surface area contributed by atoms with Crippen molar-refractivity contribution in [2.24, 2.45) is 0 Å². The van der Waals surface area contributed by atoms with Gasteiger partial charge in [0.05, 0.1) is 11.7 Å². The molecular formula is C10H11BrF2O. The minimum absolute atomic E-state index is 0.0677. The van der Waals surface area contributed by atoms with Gasteiger partial charge in [-0.25, -0.2) is 8.78 Å². The fraction of sp³-hybridized carbons (Fsp3) is 0.400. The fourth-order valence-corrected chi connectivity index (χ4v) is 1.38. The van der Waals surface area contributed by atoms with E-state index in [9.17, 15) is 8.78 Å². The van der Waals surface area contributed by atoms with E-state index in [1.54, 1.807) is 26.0 Å². The van der Waals surface area contributed by atoms with Crippen LogP contribution in [0.3, 0.4) is 0 Å². The minimum atomic E-state index is -2.50. The molecule has 0 saturated carbocycles. The van der Waals surface area contributed by atoms with Gasteiger partial charge in [0, 0.05) is 4.47 Å². The highest BCUT2D eigenvalue weighted by Crippen LogP contribution is 2.32. The number of alkyl halides is 2. The predicted molar refractivity (Wildman–Crippen MR) is 54.9 cm³/mol. The van der Waals surface area contributed by atoms with E-state index in [1.165, 1.54) is 6.07 Å². The Bertz CT molecular complexity index is 313. The molecule has 0 atom stereocenters. The summed E-state index contributed by atoms with van der Waals surface area (Å²) in [6.45, 7) is 3.60. The standard InChI is InChI=1S/C10H11BrF2O/c1-6(2)14-9-5-7(11)3-4-8(9)10(12)13/h3-6,10H,1-2H3. The van der Waals surface area contributed by atoms with Crippen LogP contribution in [-0.2, 0) is 0 Å². The highest BCUT2D eigenvalue weighted by atomic mass is 79.9. The molecule has 1 nitrogen and oxygen atoms in total. The first kappa shape index (κ1) is 11.4. The normalized spacial score (nSPS) is 11.1. The number of hydrogen-bond acceptors (Lipinski definition) is 1. The second-order valence-corrected chi connectivity index (χ2v) is 4.07. The molecular weight excluding hydrogens is 254 g/mol. The van der Waals surface area contributed by atoms with Gasteiger partial charge in [-0.2, -0.15) is 0 Å². The van der Waals surface area contributed by atoms with Gasteiger partial charge in [-0.3, -0.25) is 0 Å². The van der Waals surface area contributed by atoms with E-state index >= 15 is 0 Å². The molecule has 0 bridgehead atoms. The van der Waals surface area contributed by atoms with E-state index in [-0.39, 0.29) is 17.4 Å². The van der Waals surface area contributed by atoms with Gasteiger partial charge in [-0.1, -0.05) is 15.9 Å². The van der Waals surface area contributed by atoms with Gasteiger partial charge < -0.3 is 4.74 Å². The second kappa shape index (κ2) is 4.73. The fourth-order valence-electron chi connectivity index (χ4n) is 1.04. The lowest BCUT2D eigenvalue weighted by Gasteiger charge is -2.14. The maximum atomic E-state index is 12.5. The summed E-state index contributed by atoms with van der Waals surface area (Å²) in [6.07, 6.45) is -2.61. The summed E-state index contributed by atoms with van der Waals surface area (Å²) in [6, 6.07) is 4.50. The summed E-state index contributed by atoms with van der Waals surface area (Å²) in [5, 5.41) is 0. The van der Waals surface area contributed by atoms with Gasteiger partial charge in [-0.05, 0) is 32.0 Å². The van der Waals surface area contributed by atoms with Crippen molar-refractivity contribution in [2.45, 2.75) is 26.4 Å². The third-order valence-electron chi connectivity index (χ3n) is 1.57. The van der Waals surface area contributed by atoms with Gasteiger partial charge in [-0.15, -0.1) is 0 Å². The van der Waals surface area contributed by atoms with Gasteiger partial charge in [0.15, 0.2) is 0 Å². The molecule has 1 rings (SSSR count). The molecule has 0 N–H and O–H groups in total. The summed E-state index contributed by atoms with van der Waals surface area (Å²) in [4.78, 5) is 0. The van der Waals surface area contributed by atoms with Crippen LogP contribution >= 0.6 is 15.9 Å². The minimum Gasteiger partial charge on any atom is -0.490 e. The highest BCUT2D eigenvalue weighted by molar-refractivity contribution is 9.10. The zero-order chi connectivity index (χ0) is 10.7. The van der Waals surface area contributed by atoms with E-state index in [2.05, 4.69) is 15.9 Å². The van der Waals surface area contributed by atoms with Crippen LogP contribution in [0.1, 0.15) is 25.8 Å². The summed E-state index contributed by atoms with van der Waals surface area (Å²) in [7, 11) is 0. The number of rotatable bonds is 3. The summed E-state index contributed by atoms with van der Waals surface area (Å²) in [5.41, 5.74) is -0.0677. The lowest BCUT2D eigenvalue weighted by molar-refractivity contribution is 0.141. The smallest absolute Gasteiger partial charge is 0.267 e. The maximum Gasteiger partial charge on any atom is 0.267 e. The molecule has 4 heteroatoms. The Morgan fingerprint density at radius 2 is 1.93 bits per heavy atom. The van der Waals surface area contributed by atoms with E-state index in [1.807, 2.05) is 0 Å². The summed E-state index contributed by atoms with van der Waals surface area (Å²) < 4.78 is 31.0. The zero-order valence-corrected chi connectivity index (χ0v) is 9.51. The van der Waals surface area contributed by atoms with Crippen LogP contribution < -0.4 is 4.74 Å². The van der Waals surface area contributed by atoms with E-state index < -0.39 is 6.43 Å². The summed E-state index contributed by atoms with van der Waals surface area (Å²) >= 11 is 3.21. The molecule has 0 aliphatic heterocycles. The van der Waals surface area contributed by atoms with E-state index in [4.69, 9.17) is 4.74 Å². The average Bonchev–Trinajstić information content (AvgIpc) is 2.01. The quantitative estimate of drug-likeness (QED) is 0.796. The topological polar surface area (TPSA) is 9.23 Å². The molecule has 1 aromatic rings. The van der Waals surface area contributed by atoms with Crippen molar-refractivity contribution in [3.8, 4) is 5.75 Å². The van der Waals surface area contributed by atoms with Crippen LogP contribution in [0, 0.1) is 0 Å². The third-order valence-corrected chi connectivity index (χ3v) is 2.07. The molecule has 0 aliphatic rings. The average molecular weight is 265 g/mol. The summed E-state index contributed by atoms with van der Waals surface area (Å²) in [5.74, 6) is 0.240. The number of ether oxygens (including phenoxy) is 1. The van der Waals surface area contributed by atoms with Gasteiger partial charge in [0.2, 0.25) is 0 Å². The molecule has 0 radical (unpaired) electrons. The monoisotopic (exact) mass is 264 g/mol. The van der Waals surface area contributed by atoms with Crippen LogP contribution in [0.15, 0.2) is 22.7 Å². The Labute approximate surface area is 90.2 Å². The highest BCUT2D eigenvalue weighted by Gasteiger charge is 2.14. The first-order valence-electron chi connectivity index (χ1n) is 4.25. The third kappa shape index (κ3) is 2.94. The lowest BCUT2D eigenvalue weighted by atomic mass is 10.2. The molecule has 78 valence electrons. The van der Waals surface area contributed by atoms with Crippen molar-refractivity contribution in [1.29, 1.82) is 0 Å². The van der Waals surface area contributed by atoms with Crippen molar-refractivity contribution < 1.29 is 13.5 Å². The molecule has 0 fully saturated rings. The largest absolute Gasteiger partial charge is 0.490 e. The molecule has 0 amide bonds. The van der Waals surface area contributed by atoms with Crippen LogP contribution in [0.4, 0.5) is 8.78 Å². The Morgan fingerprint density at radius 1 is 1.29 bits per heavy atom. The molecule has 0 heterocycles. The number of hydrogen-bond donors (Lipinski definition) is 0. The van der Waals surface area contributed by atoms with Crippen LogP contribution in [0.5, 0.6) is 5.75 Å². The SMILES string of the molecule is CC(C)Oc1cc(Br)ccc1C(F)F. The Kier molecular flexibility index (Phi) is 3.86.